The van der Waals surface area contributed by atoms with E-state index in [1.165, 1.54) is 5.69 Å². The first kappa shape index (κ1) is 18.4. The van der Waals surface area contributed by atoms with Crippen LogP contribution in [0.5, 0.6) is 0 Å². The zero-order valence-corrected chi connectivity index (χ0v) is 17.0. The van der Waals surface area contributed by atoms with E-state index in [1.807, 2.05) is 60.4 Å². The first-order chi connectivity index (χ1) is 14.8. The third-order valence-corrected chi connectivity index (χ3v) is 5.52. The van der Waals surface area contributed by atoms with Crippen LogP contribution in [0.3, 0.4) is 0 Å². The van der Waals surface area contributed by atoms with Crippen molar-refractivity contribution in [2.75, 3.05) is 36.0 Å². The lowest BCUT2D eigenvalue weighted by Gasteiger charge is -2.36. The van der Waals surface area contributed by atoms with E-state index in [0.29, 0.717) is 0 Å². The average molecular weight is 396 g/mol. The molecule has 1 fully saturated rings. The second-order valence-corrected chi connectivity index (χ2v) is 7.46. The van der Waals surface area contributed by atoms with Crippen molar-refractivity contribution in [3.63, 3.8) is 0 Å². The van der Waals surface area contributed by atoms with Crippen molar-refractivity contribution in [2.24, 2.45) is 0 Å². The summed E-state index contributed by atoms with van der Waals surface area (Å²) in [5.74, 6) is 0.784. The monoisotopic (exact) mass is 396 g/mol. The van der Waals surface area contributed by atoms with Crippen LogP contribution in [0, 0.1) is 6.92 Å². The van der Waals surface area contributed by atoms with Gasteiger partial charge in [0, 0.05) is 49.8 Å². The largest absolute Gasteiger partial charge is 0.368 e. The molecule has 0 amide bonds. The van der Waals surface area contributed by atoms with Crippen LogP contribution in [-0.2, 0) is 0 Å². The fraction of sp³-hybridized carbons (Fsp3) is 0.208. The predicted molar refractivity (Wildman–Crippen MR) is 120 cm³/mol. The molecular weight excluding hydrogens is 372 g/mol. The Morgan fingerprint density at radius 3 is 2.07 bits per heavy atom. The number of nitrogens with zero attached hydrogens (tertiary/aromatic N) is 6. The van der Waals surface area contributed by atoms with Crippen molar-refractivity contribution in [1.82, 2.24) is 19.7 Å². The van der Waals surface area contributed by atoms with Crippen molar-refractivity contribution in [3.8, 4) is 16.9 Å². The molecule has 2 aromatic carbocycles. The van der Waals surface area contributed by atoms with E-state index in [-0.39, 0.29) is 0 Å². The zero-order valence-electron chi connectivity index (χ0n) is 17.0. The van der Waals surface area contributed by atoms with Gasteiger partial charge in [0.25, 0.3) is 0 Å². The van der Waals surface area contributed by atoms with Gasteiger partial charge in [-0.1, -0.05) is 36.4 Å². The molecular formula is C24H24N6. The molecule has 1 aliphatic rings. The molecule has 6 heteroatoms. The molecule has 6 nitrogen and oxygen atoms in total. The van der Waals surface area contributed by atoms with Gasteiger partial charge >= 0.3 is 0 Å². The van der Waals surface area contributed by atoms with Gasteiger partial charge in [0.2, 0.25) is 5.95 Å². The maximum Gasteiger partial charge on any atom is 0.225 e. The van der Waals surface area contributed by atoms with Crippen molar-refractivity contribution in [3.05, 3.63) is 84.8 Å². The molecule has 1 aliphatic heterocycles. The van der Waals surface area contributed by atoms with Gasteiger partial charge in [0.15, 0.2) is 0 Å². The Morgan fingerprint density at radius 1 is 0.733 bits per heavy atom. The first-order valence-electron chi connectivity index (χ1n) is 10.3. The van der Waals surface area contributed by atoms with Crippen molar-refractivity contribution >= 4 is 11.6 Å². The third kappa shape index (κ3) is 3.64. The van der Waals surface area contributed by atoms with Gasteiger partial charge in [-0.25, -0.2) is 14.6 Å². The SMILES string of the molecule is Cc1nn(-c2ccccc2)cc1-c1ccnc(N2CCN(c3ccccc3)CC2)n1. The Bertz CT molecular complexity index is 1110. The highest BCUT2D eigenvalue weighted by Gasteiger charge is 2.20. The van der Waals surface area contributed by atoms with E-state index >= 15 is 0 Å². The number of anilines is 2. The van der Waals surface area contributed by atoms with Crippen LogP contribution in [0.1, 0.15) is 5.69 Å². The van der Waals surface area contributed by atoms with E-state index in [2.05, 4.69) is 50.2 Å². The maximum atomic E-state index is 4.88. The average Bonchev–Trinajstić information content (AvgIpc) is 3.22. The number of hydrogen-bond donors (Lipinski definition) is 0. The molecule has 2 aromatic heterocycles. The van der Waals surface area contributed by atoms with E-state index in [9.17, 15) is 0 Å². The smallest absolute Gasteiger partial charge is 0.225 e. The summed E-state index contributed by atoms with van der Waals surface area (Å²) >= 11 is 0. The Labute approximate surface area is 176 Å². The molecule has 30 heavy (non-hydrogen) atoms. The third-order valence-electron chi connectivity index (χ3n) is 5.52. The molecule has 3 heterocycles. The van der Waals surface area contributed by atoms with E-state index in [1.54, 1.807) is 0 Å². The number of hydrogen-bond acceptors (Lipinski definition) is 5. The number of piperazine rings is 1. The molecule has 0 radical (unpaired) electrons. The second kappa shape index (κ2) is 7.99. The number of aromatic nitrogens is 4. The Hall–Kier alpha value is -3.67. The van der Waals surface area contributed by atoms with Crippen LogP contribution in [0.2, 0.25) is 0 Å². The Kier molecular flexibility index (Phi) is 4.89. The van der Waals surface area contributed by atoms with Crippen molar-refractivity contribution < 1.29 is 0 Å². The summed E-state index contributed by atoms with van der Waals surface area (Å²) < 4.78 is 1.91. The van der Waals surface area contributed by atoms with Crippen LogP contribution in [0.4, 0.5) is 11.6 Å². The Morgan fingerprint density at radius 2 is 1.37 bits per heavy atom. The van der Waals surface area contributed by atoms with Gasteiger partial charge < -0.3 is 9.80 Å². The number of benzene rings is 2. The van der Waals surface area contributed by atoms with Crippen molar-refractivity contribution in [1.29, 1.82) is 0 Å². The van der Waals surface area contributed by atoms with Crippen LogP contribution in [0.25, 0.3) is 16.9 Å². The zero-order chi connectivity index (χ0) is 20.3. The molecule has 150 valence electrons. The normalized spacial score (nSPS) is 14.2. The standard InChI is InChI=1S/C24H24N6/c1-19-22(18-30(27-19)21-10-6-3-7-11-21)23-12-13-25-24(26-23)29-16-14-28(15-17-29)20-8-4-2-5-9-20/h2-13,18H,14-17H2,1H3. The van der Waals surface area contributed by atoms with Gasteiger partial charge in [0.05, 0.1) is 17.1 Å². The topological polar surface area (TPSA) is 50.1 Å². The summed E-state index contributed by atoms with van der Waals surface area (Å²) in [5, 5.41) is 4.68. The lowest BCUT2D eigenvalue weighted by Crippen LogP contribution is -2.47. The Balaban J connectivity index is 1.35. The minimum absolute atomic E-state index is 0.784. The summed E-state index contributed by atoms with van der Waals surface area (Å²) in [6, 6.07) is 22.7. The molecule has 5 rings (SSSR count). The number of para-hydroxylation sites is 2. The molecule has 0 saturated carbocycles. The molecule has 0 N–H and O–H groups in total. The fourth-order valence-corrected chi connectivity index (χ4v) is 3.88. The second-order valence-electron chi connectivity index (χ2n) is 7.46. The van der Waals surface area contributed by atoms with Crippen molar-refractivity contribution in [2.45, 2.75) is 6.92 Å². The van der Waals surface area contributed by atoms with Crippen LogP contribution >= 0.6 is 0 Å². The van der Waals surface area contributed by atoms with Crippen LogP contribution in [0.15, 0.2) is 79.1 Å². The number of aryl methyl sites for hydroxylation is 1. The van der Waals surface area contributed by atoms with E-state index < -0.39 is 0 Å². The minimum atomic E-state index is 0.784. The summed E-state index contributed by atoms with van der Waals surface area (Å²) in [6.45, 7) is 5.75. The lowest BCUT2D eigenvalue weighted by atomic mass is 10.2. The molecule has 4 aromatic rings. The molecule has 1 saturated heterocycles. The number of rotatable bonds is 4. The highest BCUT2D eigenvalue weighted by Crippen LogP contribution is 2.24. The quantitative estimate of drug-likeness (QED) is 0.523. The van der Waals surface area contributed by atoms with E-state index in [0.717, 1.165) is 54.8 Å². The summed E-state index contributed by atoms with van der Waals surface area (Å²) in [5.41, 5.74) is 5.21. The predicted octanol–water partition coefficient (Wildman–Crippen LogP) is 3.96. The summed E-state index contributed by atoms with van der Waals surface area (Å²) in [7, 11) is 0. The van der Waals surface area contributed by atoms with Gasteiger partial charge in [-0.2, -0.15) is 5.10 Å². The van der Waals surface area contributed by atoms with Gasteiger partial charge in [0.1, 0.15) is 0 Å². The van der Waals surface area contributed by atoms with Gasteiger partial charge in [-0.05, 0) is 37.3 Å². The maximum absolute atomic E-state index is 4.88. The minimum Gasteiger partial charge on any atom is -0.368 e. The molecule has 0 atom stereocenters. The highest BCUT2D eigenvalue weighted by atomic mass is 15.3. The van der Waals surface area contributed by atoms with E-state index in [4.69, 9.17) is 4.98 Å². The summed E-state index contributed by atoms with van der Waals surface area (Å²) in [4.78, 5) is 14.1. The molecule has 0 bridgehead atoms. The molecule has 0 unspecified atom stereocenters. The van der Waals surface area contributed by atoms with Crippen LogP contribution < -0.4 is 9.80 Å². The first-order valence-corrected chi connectivity index (χ1v) is 10.3. The molecule has 0 aliphatic carbocycles. The summed E-state index contributed by atoms with van der Waals surface area (Å²) in [6.07, 6.45) is 3.89. The fourth-order valence-electron chi connectivity index (χ4n) is 3.88. The lowest BCUT2D eigenvalue weighted by molar-refractivity contribution is 0.640. The van der Waals surface area contributed by atoms with Crippen LogP contribution in [-0.4, -0.2) is 45.9 Å². The van der Waals surface area contributed by atoms with Gasteiger partial charge in [-0.3, -0.25) is 0 Å². The molecule has 0 spiro atoms. The highest BCUT2D eigenvalue weighted by molar-refractivity contribution is 5.63. The van der Waals surface area contributed by atoms with Gasteiger partial charge in [-0.15, -0.1) is 0 Å².